The third-order valence-corrected chi connectivity index (χ3v) is 2.53. The van der Waals surface area contributed by atoms with Gasteiger partial charge in [-0.2, -0.15) is 0 Å². The molecule has 1 aromatic heterocycles. The average Bonchev–Trinajstić information content (AvgIpc) is 2.35. The van der Waals surface area contributed by atoms with Gasteiger partial charge in [0.05, 0.1) is 6.33 Å². The third kappa shape index (κ3) is 2.82. The number of para-hydroxylation sites is 1. The van der Waals surface area contributed by atoms with Crippen LogP contribution in [0.4, 0.5) is 5.69 Å². The number of anilines is 1. The zero-order valence-electron chi connectivity index (χ0n) is 9.96. The molecule has 2 rings (SSSR count). The van der Waals surface area contributed by atoms with Crippen LogP contribution in [0.5, 0.6) is 0 Å². The molecule has 5 heteroatoms. The molecule has 0 aliphatic carbocycles. The number of carbonyl (C=O) groups excluding carboxylic acids is 1. The first-order valence-corrected chi connectivity index (χ1v) is 5.53. The highest BCUT2D eigenvalue weighted by atomic mass is 16.2. The third-order valence-electron chi connectivity index (χ3n) is 2.53. The molecule has 0 bridgehead atoms. The first-order chi connectivity index (χ1) is 8.66. The maximum absolute atomic E-state index is 11.8. The van der Waals surface area contributed by atoms with Crippen molar-refractivity contribution in [3.63, 3.8) is 0 Å². The van der Waals surface area contributed by atoms with Crippen LogP contribution in [0, 0.1) is 6.92 Å². The molecule has 0 spiro atoms. The average molecular weight is 243 g/mol. The lowest BCUT2D eigenvalue weighted by Gasteiger charge is -2.08. The number of hydrogen-bond donors (Lipinski definition) is 1. The van der Waals surface area contributed by atoms with E-state index in [-0.39, 0.29) is 18.0 Å². The first kappa shape index (κ1) is 12.0. The molecule has 0 aliphatic heterocycles. The lowest BCUT2D eigenvalue weighted by molar-refractivity contribution is -0.116. The predicted molar refractivity (Wildman–Crippen MR) is 68.3 cm³/mol. The summed E-state index contributed by atoms with van der Waals surface area (Å²) in [7, 11) is 0. The van der Waals surface area contributed by atoms with Crippen molar-refractivity contribution in [2.75, 3.05) is 5.32 Å². The molecule has 0 fully saturated rings. The highest BCUT2D eigenvalue weighted by Gasteiger charge is 2.05. The predicted octanol–water partition coefficient (Wildman–Crippen LogP) is 1.19. The summed E-state index contributed by atoms with van der Waals surface area (Å²) in [6.45, 7) is 1.87. The molecule has 92 valence electrons. The number of nitrogens with zero attached hydrogens (tertiary/aromatic N) is 2. The highest BCUT2D eigenvalue weighted by Crippen LogP contribution is 2.12. The van der Waals surface area contributed by atoms with Crippen molar-refractivity contribution < 1.29 is 4.79 Å². The Labute approximate surface area is 104 Å². The van der Waals surface area contributed by atoms with Crippen molar-refractivity contribution in [2.45, 2.75) is 13.5 Å². The van der Waals surface area contributed by atoms with Crippen LogP contribution in [0.15, 0.2) is 47.7 Å². The number of benzene rings is 1. The summed E-state index contributed by atoms with van der Waals surface area (Å²) in [5.41, 5.74) is 1.48. The minimum Gasteiger partial charge on any atom is -0.324 e. The van der Waals surface area contributed by atoms with Gasteiger partial charge in [0.1, 0.15) is 6.54 Å². The van der Waals surface area contributed by atoms with Crippen molar-refractivity contribution in [3.8, 4) is 0 Å². The van der Waals surface area contributed by atoms with Gasteiger partial charge in [-0.15, -0.1) is 0 Å². The van der Waals surface area contributed by atoms with Crippen molar-refractivity contribution in [2.24, 2.45) is 0 Å². The molecule has 2 aromatic rings. The maximum atomic E-state index is 11.8. The van der Waals surface area contributed by atoms with Gasteiger partial charge < -0.3 is 5.32 Å². The van der Waals surface area contributed by atoms with E-state index in [0.717, 1.165) is 11.3 Å². The lowest BCUT2D eigenvalue weighted by Crippen LogP contribution is -2.27. The lowest BCUT2D eigenvalue weighted by atomic mass is 10.2. The van der Waals surface area contributed by atoms with Crippen LogP contribution in [0.3, 0.4) is 0 Å². The van der Waals surface area contributed by atoms with Gasteiger partial charge in [-0.05, 0) is 18.6 Å². The van der Waals surface area contributed by atoms with Crippen molar-refractivity contribution in [3.05, 3.63) is 58.8 Å². The van der Waals surface area contributed by atoms with Gasteiger partial charge in [-0.1, -0.05) is 18.2 Å². The molecular formula is C13H13N3O2. The van der Waals surface area contributed by atoms with E-state index in [4.69, 9.17) is 0 Å². The van der Waals surface area contributed by atoms with Crippen LogP contribution >= 0.6 is 0 Å². The Hall–Kier alpha value is -2.43. The second-order valence-corrected chi connectivity index (χ2v) is 3.91. The van der Waals surface area contributed by atoms with Gasteiger partial charge in [-0.25, -0.2) is 4.98 Å². The first-order valence-electron chi connectivity index (χ1n) is 5.53. The quantitative estimate of drug-likeness (QED) is 0.880. The molecule has 0 unspecified atom stereocenters. The van der Waals surface area contributed by atoms with E-state index in [1.807, 2.05) is 31.2 Å². The summed E-state index contributed by atoms with van der Waals surface area (Å²) in [6, 6.07) is 8.79. The normalized spacial score (nSPS) is 10.1. The molecule has 0 atom stereocenters. The van der Waals surface area contributed by atoms with Crippen LogP contribution in [-0.2, 0) is 11.3 Å². The van der Waals surface area contributed by atoms with Crippen LogP contribution < -0.4 is 10.9 Å². The zero-order valence-corrected chi connectivity index (χ0v) is 9.96. The molecule has 0 saturated heterocycles. The number of hydrogen-bond acceptors (Lipinski definition) is 3. The minimum absolute atomic E-state index is 0.0407. The molecule has 0 aliphatic rings. The van der Waals surface area contributed by atoms with Gasteiger partial charge >= 0.3 is 0 Å². The summed E-state index contributed by atoms with van der Waals surface area (Å²) in [6.07, 6.45) is 2.75. The van der Waals surface area contributed by atoms with E-state index in [1.54, 1.807) is 0 Å². The molecule has 1 aromatic carbocycles. The minimum atomic E-state index is -0.251. The van der Waals surface area contributed by atoms with E-state index in [0.29, 0.717) is 0 Å². The number of rotatable bonds is 3. The van der Waals surface area contributed by atoms with Crippen LogP contribution in [0.1, 0.15) is 5.56 Å². The Balaban J connectivity index is 2.09. The second-order valence-electron chi connectivity index (χ2n) is 3.91. The number of nitrogens with one attached hydrogen (secondary N) is 1. The van der Waals surface area contributed by atoms with Crippen LogP contribution in [0.25, 0.3) is 0 Å². The van der Waals surface area contributed by atoms with Gasteiger partial charge in [-0.3, -0.25) is 14.2 Å². The zero-order chi connectivity index (χ0) is 13.0. The summed E-state index contributed by atoms with van der Waals surface area (Å²) in [5, 5.41) is 2.76. The van der Waals surface area contributed by atoms with Crippen LogP contribution in [-0.4, -0.2) is 15.5 Å². The summed E-state index contributed by atoms with van der Waals surface area (Å²) >= 11 is 0. The van der Waals surface area contributed by atoms with Gasteiger partial charge in [0.25, 0.3) is 5.56 Å². The molecule has 0 radical (unpaired) electrons. The van der Waals surface area contributed by atoms with E-state index < -0.39 is 0 Å². The smallest absolute Gasteiger partial charge is 0.253 e. The van der Waals surface area contributed by atoms with Crippen molar-refractivity contribution >= 4 is 11.6 Å². The van der Waals surface area contributed by atoms with Gasteiger partial charge in [0, 0.05) is 18.0 Å². The monoisotopic (exact) mass is 243 g/mol. The molecule has 1 heterocycles. The molecular weight excluding hydrogens is 230 g/mol. The summed E-state index contributed by atoms with van der Waals surface area (Å²) < 4.78 is 1.26. The SMILES string of the molecule is Cc1ccccc1NC(=O)Cn1cnccc1=O. The van der Waals surface area contributed by atoms with Gasteiger partial charge in [0.15, 0.2) is 0 Å². The highest BCUT2D eigenvalue weighted by molar-refractivity contribution is 5.91. The Kier molecular flexibility index (Phi) is 3.52. The number of aromatic nitrogens is 2. The fraction of sp³-hybridized carbons (Fsp3) is 0.154. The van der Waals surface area contributed by atoms with E-state index in [1.165, 1.54) is 23.2 Å². The fourth-order valence-electron chi connectivity index (χ4n) is 1.55. The Morgan fingerprint density at radius 2 is 2.11 bits per heavy atom. The standard InChI is InChI=1S/C13H13N3O2/c1-10-4-2-3-5-11(10)15-12(17)8-16-9-14-7-6-13(16)18/h2-7,9H,8H2,1H3,(H,15,17). The fourth-order valence-corrected chi connectivity index (χ4v) is 1.55. The molecule has 5 nitrogen and oxygen atoms in total. The Morgan fingerprint density at radius 1 is 1.33 bits per heavy atom. The topological polar surface area (TPSA) is 64.0 Å². The molecule has 18 heavy (non-hydrogen) atoms. The van der Waals surface area contributed by atoms with E-state index >= 15 is 0 Å². The molecule has 0 saturated carbocycles. The summed E-state index contributed by atoms with van der Waals surface area (Å²) in [4.78, 5) is 27.0. The van der Waals surface area contributed by atoms with Crippen molar-refractivity contribution in [1.82, 2.24) is 9.55 Å². The van der Waals surface area contributed by atoms with Crippen molar-refractivity contribution in [1.29, 1.82) is 0 Å². The van der Waals surface area contributed by atoms with Crippen LogP contribution in [0.2, 0.25) is 0 Å². The second kappa shape index (κ2) is 5.27. The van der Waals surface area contributed by atoms with Gasteiger partial charge in [0.2, 0.25) is 5.91 Å². The number of aryl methyl sites for hydroxylation is 1. The number of carbonyl (C=O) groups is 1. The van der Waals surface area contributed by atoms with E-state index in [2.05, 4.69) is 10.3 Å². The largest absolute Gasteiger partial charge is 0.324 e. The van der Waals surface area contributed by atoms with E-state index in [9.17, 15) is 9.59 Å². The number of amides is 1. The Morgan fingerprint density at radius 3 is 2.83 bits per heavy atom. The molecule has 1 amide bonds. The molecule has 1 N–H and O–H groups in total. The Bertz CT molecular complexity index is 619. The summed E-state index contributed by atoms with van der Waals surface area (Å²) in [5.74, 6) is -0.251. The maximum Gasteiger partial charge on any atom is 0.253 e.